The van der Waals surface area contributed by atoms with Crippen LogP contribution in [-0.2, 0) is 11.8 Å². The molecule has 2 aliphatic heterocycles. The number of rotatable bonds is 5. The van der Waals surface area contributed by atoms with Crippen molar-refractivity contribution in [1.29, 1.82) is 0 Å². The first-order chi connectivity index (χ1) is 16.3. The topological polar surface area (TPSA) is 89.4 Å². The highest BCUT2D eigenvalue weighted by Gasteiger charge is 2.46. The molecule has 4 heterocycles. The summed E-state index contributed by atoms with van der Waals surface area (Å²) >= 11 is 0. The summed E-state index contributed by atoms with van der Waals surface area (Å²) in [7, 11) is 1.50. The van der Waals surface area contributed by atoms with Crippen LogP contribution in [0.15, 0.2) is 35.4 Å². The number of anilines is 1. The smallest absolute Gasteiger partial charge is 0.266 e. The van der Waals surface area contributed by atoms with Gasteiger partial charge in [0.1, 0.15) is 29.2 Å². The molecule has 11 heteroatoms. The number of alkyl halides is 2. The van der Waals surface area contributed by atoms with E-state index >= 15 is 0 Å². The number of halogens is 3. The van der Waals surface area contributed by atoms with Crippen molar-refractivity contribution in [3.05, 3.63) is 63.5 Å². The average molecular weight is 473 g/mol. The summed E-state index contributed by atoms with van der Waals surface area (Å²) in [5.41, 5.74) is -0.889. The fourth-order valence-electron chi connectivity index (χ4n) is 4.64. The highest BCUT2D eigenvalue weighted by Crippen LogP contribution is 2.33. The normalized spacial score (nSPS) is 20.4. The molecule has 0 aliphatic carbocycles. The third-order valence-corrected chi connectivity index (χ3v) is 6.61. The third kappa shape index (κ3) is 3.51. The maximum Gasteiger partial charge on any atom is 0.266 e. The Morgan fingerprint density at radius 2 is 2.00 bits per heavy atom. The van der Waals surface area contributed by atoms with Crippen molar-refractivity contribution in [2.45, 2.75) is 25.4 Å². The van der Waals surface area contributed by atoms with Gasteiger partial charge in [-0.25, -0.2) is 23.1 Å². The summed E-state index contributed by atoms with van der Waals surface area (Å²) < 4.78 is 47.6. The summed E-state index contributed by atoms with van der Waals surface area (Å²) in [6.45, 7) is 3.18. The zero-order valence-corrected chi connectivity index (χ0v) is 18.5. The lowest BCUT2D eigenvalue weighted by molar-refractivity contribution is 0.0322. The minimum Gasteiger partial charge on any atom is -0.379 e. The number of hydrogen-bond acceptors (Lipinski definition) is 6. The van der Waals surface area contributed by atoms with Gasteiger partial charge >= 0.3 is 0 Å². The van der Waals surface area contributed by atoms with Gasteiger partial charge in [-0.15, -0.1) is 0 Å². The second kappa shape index (κ2) is 8.39. The van der Waals surface area contributed by atoms with Gasteiger partial charge in [0.25, 0.3) is 17.9 Å². The molecule has 1 aromatic carbocycles. The van der Waals surface area contributed by atoms with Gasteiger partial charge in [0.2, 0.25) is 0 Å². The minimum absolute atomic E-state index is 0.0308. The summed E-state index contributed by atoms with van der Waals surface area (Å²) in [5, 5.41) is 3.40. The second-order valence-electron chi connectivity index (χ2n) is 8.62. The number of likely N-dealkylation sites (tertiary alicyclic amines) is 1. The number of aryl methyl sites for hydroxylation is 1. The van der Waals surface area contributed by atoms with E-state index in [0.29, 0.717) is 25.1 Å². The lowest BCUT2D eigenvalue weighted by Gasteiger charge is -2.42. The highest BCUT2D eigenvalue weighted by atomic mass is 19.3. The molecule has 2 unspecified atom stereocenters. The molecule has 1 amide bonds. The molecular weight excluding hydrogens is 451 g/mol. The lowest BCUT2D eigenvalue weighted by Crippen LogP contribution is -2.58. The molecule has 0 bridgehead atoms. The third-order valence-electron chi connectivity index (χ3n) is 6.61. The molecular formula is C23H22F3N5O3. The lowest BCUT2D eigenvalue weighted by atomic mass is 9.91. The van der Waals surface area contributed by atoms with Crippen molar-refractivity contribution in [2.75, 3.05) is 25.1 Å². The number of nitrogens with one attached hydrogen (secondary N) is 1. The first kappa shape index (κ1) is 22.3. The molecule has 0 saturated carbocycles. The predicted molar refractivity (Wildman–Crippen MR) is 117 cm³/mol. The SMILES string of the molecule is C[C@@H](Nc1ncnc2c1cc(C(=O)N1CC3COCC31)c(=O)n2C)c1cccc(C(F)F)c1F. The summed E-state index contributed by atoms with van der Waals surface area (Å²) in [5.74, 6) is -0.860. The van der Waals surface area contributed by atoms with Crippen LogP contribution in [0.3, 0.4) is 0 Å². The van der Waals surface area contributed by atoms with E-state index in [1.54, 1.807) is 11.8 Å². The van der Waals surface area contributed by atoms with E-state index in [4.69, 9.17) is 4.74 Å². The Bertz CT molecular complexity index is 1350. The van der Waals surface area contributed by atoms with Gasteiger partial charge in [0, 0.05) is 25.1 Å². The van der Waals surface area contributed by atoms with Crippen molar-refractivity contribution in [1.82, 2.24) is 19.4 Å². The number of carbonyl (C=O) groups is 1. The molecule has 2 fully saturated rings. The zero-order valence-electron chi connectivity index (χ0n) is 18.5. The van der Waals surface area contributed by atoms with Crippen LogP contribution in [0, 0.1) is 11.7 Å². The number of ether oxygens (including phenoxy) is 1. The summed E-state index contributed by atoms with van der Waals surface area (Å²) in [4.78, 5) is 36.1. The Kier molecular flexibility index (Phi) is 5.51. The average Bonchev–Trinajstić information content (AvgIpc) is 3.16. The molecule has 2 aromatic heterocycles. The predicted octanol–water partition coefficient (Wildman–Crippen LogP) is 3.05. The first-order valence-corrected chi connectivity index (χ1v) is 10.8. The molecule has 178 valence electrons. The fraction of sp³-hybridized carbons (Fsp3) is 0.391. The van der Waals surface area contributed by atoms with E-state index in [1.807, 2.05) is 0 Å². The van der Waals surface area contributed by atoms with Crippen molar-refractivity contribution in [3.8, 4) is 0 Å². The summed E-state index contributed by atoms with van der Waals surface area (Å²) in [6.07, 6.45) is -1.71. The van der Waals surface area contributed by atoms with Gasteiger partial charge in [-0.05, 0) is 13.0 Å². The van der Waals surface area contributed by atoms with Crippen molar-refractivity contribution in [2.24, 2.45) is 13.0 Å². The summed E-state index contributed by atoms with van der Waals surface area (Å²) in [6, 6.07) is 4.48. The fourth-order valence-corrected chi connectivity index (χ4v) is 4.64. The van der Waals surface area contributed by atoms with Crippen LogP contribution >= 0.6 is 0 Å². The minimum atomic E-state index is -2.94. The van der Waals surface area contributed by atoms with E-state index in [9.17, 15) is 22.8 Å². The van der Waals surface area contributed by atoms with Crippen LogP contribution < -0.4 is 10.9 Å². The van der Waals surface area contributed by atoms with Gasteiger partial charge in [-0.3, -0.25) is 14.2 Å². The van der Waals surface area contributed by atoms with Crippen LogP contribution in [0.5, 0.6) is 0 Å². The molecule has 1 N–H and O–H groups in total. The monoisotopic (exact) mass is 473 g/mol. The second-order valence-corrected chi connectivity index (χ2v) is 8.62. The van der Waals surface area contributed by atoms with E-state index < -0.39 is 35.3 Å². The number of carbonyl (C=O) groups excluding carboxylic acids is 1. The van der Waals surface area contributed by atoms with Gasteiger partial charge in [0.15, 0.2) is 0 Å². The maximum absolute atomic E-state index is 14.7. The quantitative estimate of drug-likeness (QED) is 0.613. The van der Waals surface area contributed by atoms with E-state index in [2.05, 4.69) is 15.3 Å². The van der Waals surface area contributed by atoms with Crippen LogP contribution in [0.1, 0.15) is 40.9 Å². The Labute approximate surface area is 192 Å². The molecule has 0 spiro atoms. The molecule has 8 nitrogen and oxygen atoms in total. The maximum atomic E-state index is 14.7. The van der Waals surface area contributed by atoms with Gasteiger partial charge in [-0.2, -0.15) is 0 Å². The molecule has 2 saturated heterocycles. The molecule has 5 rings (SSSR count). The molecule has 34 heavy (non-hydrogen) atoms. The molecule has 0 radical (unpaired) electrons. The number of hydrogen-bond donors (Lipinski definition) is 1. The Hall–Kier alpha value is -3.47. The van der Waals surface area contributed by atoms with Gasteiger partial charge < -0.3 is 15.0 Å². The Balaban J connectivity index is 1.52. The van der Waals surface area contributed by atoms with Crippen LogP contribution in [0.2, 0.25) is 0 Å². The van der Waals surface area contributed by atoms with Crippen molar-refractivity contribution >= 4 is 22.8 Å². The first-order valence-electron chi connectivity index (χ1n) is 10.8. The number of fused-ring (bicyclic) bond motifs is 2. The largest absolute Gasteiger partial charge is 0.379 e. The van der Waals surface area contributed by atoms with E-state index in [-0.39, 0.29) is 34.6 Å². The van der Waals surface area contributed by atoms with Gasteiger partial charge in [0.05, 0.1) is 36.2 Å². The van der Waals surface area contributed by atoms with Crippen LogP contribution in [0.25, 0.3) is 11.0 Å². The number of benzene rings is 1. The molecule has 2 aliphatic rings. The van der Waals surface area contributed by atoms with Crippen molar-refractivity contribution < 1.29 is 22.7 Å². The number of nitrogens with zero attached hydrogens (tertiary/aromatic N) is 4. The zero-order chi connectivity index (χ0) is 24.1. The van der Waals surface area contributed by atoms with E-state index in [1.165, 1.54) is 36.1 Å². The van der Waals surface area contributed by atoms with Crippen molar-refractivity contribution in [3.63, 3.8) is 0 Å². The standard InChI is InChI=1S/C23H22F3N5O3/c1-11(13-4-3-5-14(18(13)24)19(25)26)29-20-15-6-16(22(32)30(2)21(15)28-10-27-20)23(33)31-7-12-8-34-9-17(12)31/h3-6,10-12,17,19H,7-9H2,1-2H3,(H,27,28,29)/t11-,12?,17?/m1/s1. The number of pyridine rings is 1. The van der Waals surface area contributed by atoms with Crippen LogP contribution in [0.4, 0.5) is 19.0 Å². The number of amides is 1. The Morgan fingerprint density at radius 1 is 1.24 bits per heavy atom. The van der Waals surface area contributed by atoms with Crippen LogP contribution in [-0.4, -0.2) is 51.1 Å². The number of aromatic nitrogens is 3. The molecule has 3 atom stereocenters. The Morgan fingerprint density at radius 3 is 2.74 bits per heavy atom. The van der Waals surface area contributed by atoms with E-state index in [0.717, 1.165) is 6.07 Å². The highest BCUT2D eigenvalue weighted by molar-refractivity contribution is 5.99. The molecule has 3 aromatic rings. The van der Waals surface area contributed by atoms with Gasteiger partial charge in [-0.1, -0.05) is 18.2 Å².